The Labute approximate surface area is 181 Å². The molecule has 0 saturated carbocycles. The molecule has 0 spiro atoms. The van der Waals surface area contributed by atoms with E-state index in [9.17, 15) is 0 Å². The average Bonchev–Trinajstić information content (AvgIpc) is 3.29. The summed E-state index contributed by atoms with van der Waals surface area (Å²) in [5.74, 6) is 0.783. The van der Waals surface area contributed by atoms with E-state index in [0.29, 0.717) is 6.54 Å². The fourth-order valence-corrected chi connectivity index (χ4v) is 3.56. The first-order valence-corrected chi connectivity index (χ1v) is 9.44. The highest BCUT2D eigenvalue weighted by atomic mass is 127. The van der Waals surface area contributed by atoms with E-state index < -0.39 is 0 Å². The molecule has 0 amide bonds. The number of nitrogens with zero attached hydrogens (tertiary/aromatic N) is 4. The van der Waals surface area contributed by atoms with E-state index in [2.05, 4.69) is 51.7 Å². The number of halogens is 1. The van der Waals surface area contributed by atoms with Gasteiger partial charge in [-0.1, -0.05) is 18.2 Å². The van der Waals surface area contributed by atoms with Gasteiger partial charge in [0, 0.05) is 43.8 Å². The number of hydrogen-bond donors (Lipinski definition) is 2. The number of aliphatic imine (C=N–C) groups is 1. The van der Waals surface area contributed by atoms with Crippen molar-refractivity contribution in [2.24, 2.45) is 4.99 Å². The molecule has 0 aliphatic rings. The minimum atomic E-state index is 0. The third-order valence-corrected chi connectivity index (χ3v) is 5.25. The van der Waals surface area contributed by atoms with E-state index in [0.717, 1.165) is 40.9 Å². The van der Waals surface area contributed by atoms with Crippen LogP contribution in [0.15, 0.2) is 47.7 Å². The summed E-state index contributed by atoms with van der Waals surface area (Å²) in [6.45, 7) is 5.64. The molecule has 0 bridgehead atoms. The second kappa shape index (κ2) is 10.4. The van der Waals surface area contributed by atoms with Gasteiger partial charge in [0.25, 0.3) is 0 Å². The molecule has 0 atom stereocenters. The van der Waals surface area contributed by atoms with Crippen molar-refractivity contribution >= 4 is 41.3 Å². The fraction of sp³-hybridized carbons (Fsp3) is 0.316. The number of rotatable bonds is 6. The average molecular weight is 496 g/mol. The quantitative estimate of drug-likeness (QED) is 0.312. The van der Waals surface area contributed by atoms with E-state index in [-0.39, 0.29) is 24.0 Å². The van der Waals surface area contributed by atoms with Crippen molar-refractivity contribution in [2.75, 3.05) is 13.6 Å². The van der Waals surface area contributed by atoms with Crippen molar-refractivity contribution in [3.63, 3.8) is 0 Å². The monoisotopic (exact) mass is 496 g/mol. The Morgan fingerprint density at radius 3 is 2.67 bits per heavy atom. The zero-order chi connectivity index (χ0) is 18.4. The molecule has 0 unspecified atom stereocenters. The van der Waals surface area contributed by atoms with Gasteiger partial charge >= 0.3 is 0 Å². The lowest BCUT2D eigenvalue weighted by molar-refractivity contribution is 0.780. The number of benzene rings is 1. The predicted molar refractivity (Wildman–Crippen MR) is 122 cm³/mol. The van der Waals surface area contributed by atoms with Gasteiger partial charge in [0.05, 0.1) is 16.4 Å². The Bertz CT molecular complexity index is 853. The number of guanidine groups is 1. The standard InChI is InChI=1S/C19H24N6S.HI/c1-14-15(2)26-18(24-14)9-11-21-19(20-3)22-13-16-7-4-5-8-17(16)25-12-6-10-23-25;/h4-8,10,12H,9,11,13H2,1-3H3,(H2,20,21,22);1H. The number of thiazole rings is 1. The van der Waals surface area contributed by atoms with Crippen molar-refractivity contribution < 1.29 is 0 Å². The van der Waals surface area contributed by atoms with Crippen LogP contribution >= 0.6 is 35.3 Å². The third kappa shape index (κ3) is 5.77. The molecule has 8 heteroatoms. The van der Waals surface area contributed by atoms with Crippen LogP contribution < -0.4 is 10.6 Å². The molecular formula is C19H25IN6S. The predicted octanol–water partition coefficient (Wildman–Crippen LogP) is 3.47. The zero-order valence-corrected chi connectivity index (χ0v) is 18.9. The van der Waals surface area contributed by atoms with Gasteiger partial charge in [0.15, 0.2) is 5.96 Å². The van der Waals surface area contributed by atoms with Crippen LogP contribution in [0.5, 0.6) is 0 Å². The smallest absolute Gasteiger partial charge is 0.191 e. The maximum atomic E-state index is 4.58. The number of aryl methyl sites for hydroxylation is 2. The Balaban J connectivity index is 0.00000261. The Hall–Kier alpha value is -1.94. The first-order chi connectivity index (χ1) is 12.7. The van der Waals surface area contributed by atoms with Crippen LogP contribution in [0.4, 0.5) is 0 Å². The highest BCUT2D eigenvalue weighted by molar-refractivity contribution is 14.0. The maximum absolute atomic E-state index is 4.58. The third-order valence-electron chi connectivity index (χ3n) is 4.12. The van der Waals surface area contributed by atoms with E-state index in [1.807, 2.05) is 29.1 Å². The molecule has 3 aromatic rings. The molecule has 144 valence electrons. The molecule has 2 aromatic heterocycles. The maximum Gasteiger partial charge on any atom is 0.191 e. The molecule has 2 heterocycles. The summed E-state index contributed by atoms with van der Waals surface area (Å²) < 4.78 is 1.88. The van der Waals surface area contributed by atoms with Gasteiger partial charge in [-0.25, -0.2) is 9.67 Å². The second-order valence-electron chi connectivity index (χ2n) is 5.93. The van der Waals surface area contributed by atoms with Crippen LogP contribution in [0.25, 0.3) is 5.69 Å². The van der Waals surface area contributed by atoms with Crippen molar-refractivity contribution in [1.29, 1.82) is 0 Å². The van der Waals surface area contributed by atoms with E-state index in [1.54, 1.807) is 24.6 Å². The highest BCUT2D eigenvalue weighted by Gasteiger charge is 2.07. The van der Waals surface area contributed by atoms with E-state index >= 15 is 0 Å². The van der Waals surface area contributed by atoms with E-state index in [4.69, 9.17) is 0 Å². The molecule has 3 rings (SSSR count). The van der Waals surface area contributed by atoms with Crippen LogP contribution in [0, 0.1) is 13.8 Å². The fourth-order valence-electron chi connectivity index (χ4n) is 2.63. The molecule has 0 fully saturated rings. The second-order valence-corrected chi connectivity index (χ2v) is 7.22. The first kappa shape index (κ1) is 21.4. The lowest BCUT2D eigenvalue weighted by atomic mass is 10.2. The molecule has 1 aromatic carbocycles. The van der Waals surface area contributed by atoms with Crippen LogP contribution in [0.1, 0.15) is 21.1 Å². The van der Waals surface area contributed by atoms with Gasteiger partial charge in [0.2, 0.25) is 0 Å². The summed E-state index contributed by atoms with van der Waals surface area (Å²) in [5, 5.41) is 12.2. The minimum absolute atomic E-state index is 0. The summed E-state index contributed by atoms with van der Waals surface area (Å²) in [4.78, 5) is 10.2. The first-order valence-electron chi connectivity index (χ1n) is 8.62. The van der Waals surface area contributed by atoms with Crippen LogP contribution in [-0.2, 0) is 13.0 Å². The van der Waals surface area contributed by atoms with Gasteiger partial charge < -0.3 is 10.6 Å². The minimum Gasteiger partial charge on any atom is -0.356 e. The largest absolute Gasteiger partial charge is 0.356 e. The van der Waals surface area contributed by atoms with Crippen molar-refractivity contribution in [2.45, 2.75) is 26.8 Å². The number of para-hydroxylation sites is 1. The van der Waals surface area contributed by atoms with Crippen molar-refractivity contribution in [3.8, 4) is 5.69 Å². The SMILES string of the molecule is CN=C(NCCc1nc(C)c(C)s1)NCc1ccccc1-n1cccn1.I. The normalized spacial score (nSPS) is 11.1. The molecule has 27 heavy (non-hydrogen) atoms. The Kier molecular flexibility index (Phi) is 8.23. The number of nitrogens with one attached hydrogen (secondary N) is 2. The summed E-state index contributed by atoms with van der Waals surface area (Å²) >= 11 is 1.76. The summed E-state index contributed by atoms with van der Waals surface area (Å²) in [6, 6.07) is 10.1. The molecule has 0 aliphatic carbocycles. The molecule has 0 aliphatic heterocycles. The van der Waals surface area contributed by atoms with Crippen LogP contribution in [0.2, 0.25) is 0 Å². The van der Waals surface area contributed by atoms with E-state index in [1.165, 1.54) is 4.88 Å². The van der Waals surface area contributed by atoms with Gasteiger partial charge in [0.1, 0.15) is 0 Å². The van der Waals surface area contributed by atoms with Gasteiger partial charge in [-0.05, 0) is 31.5 Å². The van der Waals surface area contributed by atoms with Gasteiger partial charge in [-0.3, -0.25) is 4.99 Å². The molecule has 0 saturated heterocycles. The summed E-state index contributed by atoms with van der Waals surface area (Å²) in [5.41, 5.74) is 3.35. The number of hydrogen-bond acceptors (Lipinski definition) is 4. The lowest BCUT2D eigenvalue weighted by Gasteiger charge is -2.14. The Morgan fingerprint density at radius 1 is 1.19 bits per heavy atom. The van der Waals surface area contributed by atoms with Crippen molar-refractivity contribution in [3.05, 3.63) is 63.9 Å². The number of aromatic nitrogens is 3. The van der Waals surface area contributed by atoms with Gasteiger partial charge in [-0.15, -0.1) is 35.3 Å². The lowest BCUT2D eigenvalue weighted by Crippen LogP contribution is -2.38. The molecule has 6 nitrogen and oxygen atoms in total. The highest BCUT2D eigenvalue weighted by Crippen LogP contribution is 2.16. The summed E-state index contributed by atoms with van der Waals surface area (Å²) in [6.07, 6.45) is 4.63. The topological polar surface area (TPSA) is 67.1 Å². The zero-order valence-electron chi connectivity index (χ0n) is 15.8. The van der Waals surface area contributed by atoms with Crippen LogP contribution in [0.3, 0.4) is 0 Å². The van der Waals surface area contributed by atoms with Crippen LogP contribution in [-0.4, -0.2) is 34.3 Å². The summed E-state index contributed by atoms with van der Waals surface area (Å²) in [7, 11) is 1.78. The Morgan fingerprint density at radius 2 is 2.00 bits per heavy atom. The van der Waals surface area contributed by atoms with Gasteiger partial charge in [-0.2, -0.15) is 5.10 Å². The molecular weight excluding hydrogens is 471 g/mol. The molecule has 0 radical (unpaired) electrons. The molecule has 2 N–H and O–H groups in total. The van der Waals surface area contributed by atoms with Crippen molar-refractivity contribution in [1.82, 2.24) is 25.4 Å².